The van der Waals surface area contributed by atoms with Crippen molar-refractivity contribution in [1.29, 1.82) is 0 Å². The third-order valence-corrected chi connectivity index (χ3v) is 3.30. The fraction of sp³-hybridized carbons (Fsp3) is 0.200. The predicted octanol–water partition coefficient (Wildman–Crippen LogP) is 3.84. The normalized spacial score (nSPS) is 13.3. The molecule has 0 saturated carbocycles. The van der Waals surface area contributed by atoms with Gasteiger partial charge in [-0.05, 0) is 42.5 Å². The molecule has 1 heterocycles. The molecule has 0 amide bonds. The minimum atomic E-state index is 1.12. The highest BCUT2D eigenvalue weighted by atomic mass is 14.9. The third-order valence-electron chi connectivity index (χ3n) is 3.30. The minimum absolute atomic E-state index is 1.12. The molecule has 0 aromatic heterocycles. The molecule has 2 aromatic rings. The van der Waals surface area contributed by atoms with E-state index < -0.39 is 0 Å². The summed E-state index contributed by atoms with van der Waals surface area (Å²) in [4.78, 5) is 0. The van der Waals surface area contributed by atoms with Gasteiger partial charge in [0, 0.05) is 11.4 Å². The zero-order chi connectivity index (χ0) is 11.0. The van der Waals surface area contributed by atoms with Gasteiger partial charge in [0.25, 0.3) is 0 Å². The van der Waals surface area contributed by atoms with Crippen LogP contribution in [0.4, 0.5) is 11.4 Å². The smallest absolute Gasteiger partial charge is 0.0446 e. The Morgan fingerprint density at radius 1 is 0.875 bits per heavy atom. The van der Waals surface area contributed by atoms with E-state index >= 15 is 0 Å². The molecule has 0 bridgehead atoms. The molecule has 1 N–H and O–H groups in total. The monoisotopic (exact) mass is 209 g/mol. The van der Waals surface area contributed by atoms with Gasteiger partial charge < -0.3 is 5.32 Å². The van der Waals surface area contributed by atoms with E-state index in [-0.39, 0.29) is 0 Å². The average molecular weight is 209 g/mol. The highest BCUT2D eigenvalue weighted by molar-refractivity contribution is 5.70. The quantitative estimate of drug-likeness (QED) is 0.695. The van der Waals surface area contributed by atoms with E-state index in [0.717, 1.165) is 12.8 Å². The van der Waals surface area contributed by atoms with E-state index in [2.05, 4.69) is 54.7 Å². The van der Waals surface area contributed by atoms with Crippen LogP contribution in [0.25, 0.3) is 0 Å². The number of para-hydroxylation sites is 2. The first-order valence-corrected chi connectivity index (χ1v) is 5.78. The summed E-state index contributed by atoms with van der Waals surface area (Å²) < 4.78 is 0. The molecule has 1 aliphatic rings. The molecule has 0 atom stereocenters. The van der Waals surface area contributed by atoms with Gasteiger partial charge in [-0.15, -0.1) is 0 Å². The molecule has 0 aliphatic carbocycles. The second-order valence-corrected chi connectivity index (χ2v) is 4.39. The lowest BCUT2D eigenvalue weighted by atomic mass is 10.0. The summed E-state index contributed by atoms with van der Waals surface area (Å²) >= 11 is 0. The van der Waals surface area contributed by atoms with Gasteiger partial charge in [-0.25, -0.2) is 0 Å². The van der Waals surface area contributed by atoms with Crippen LogP contribution in [0.5, 0.6) is 0 Å². The molecule has 3 rings (SSSR count). The Hall–Kier alpha value is -1.76. The lowest BCUT2D eigenvalue weighted by Crippen LogP contribution is -1.95. The number of aryl methyl sites for hydroxylation is 3. The fourth-order valence-corrected chi connectivity index (χ4v) is 2.38. The highest BCUT2D eigenvalue weighted by Gasteiger charge is 2.12. The molecule has 0 unspecified atom stereocenters. The number of hydrogen-bond acceptors (Lipinski definition) is 1. The van der Waals surface area contributed by atoms with Crippen LogP contribution in [0.3, 0.4) is 0 Å². The molecule has 0 fully saturated rings. The predicted molar refractivity (Wildman–Crippen MR) is 68.3 cm³/mol. The number of rotatable bonds is 0. The maximum atomic E-state index is 3.57. The first kappa shape index (κ1) is 9.46. The van der Waals surface area contributed by atoms with Crippen molar-refractivity contribution in [2.24, 2.45) is 0 Å². The van der Waals surface area contributed by atoms with Crippen LogP contribution >= 0.6 is 0 Å². The van der Waals surface area contributed by atoms with E-state index in [1.165, 1.54) is 28.1 Å². The molecule has 0 radical (unpaired) electrons. The van der Waals surface area contributed by atoms with Gasteiger partial charge in [0.2, 0.25) is 0 Å². The van der Waals surface area contributed by atoms with Gasteiger partial charge >= 0.3 is 0 Å². The van der Waals surface area contributed by atoms with Crippen molar-refractivity contribution in [1.82, 2.24) is 0 Å². The fourth-order valence-electron chi connectivity index (χ4n) is 2.38. The lowest BCUT2D eigenvalue weighted by molar-refractivity contribution is 0.976. The Kier molecular flexibility index (Phi) is 2.17. The maximum Gasteiger partial charge on any atom is 0.0446 e. The summed E-state index contributed by atoms with van der Waals surface area (Å²) in [6.07, 6.45) is 2.25. The summed E-state index contributed by atoms with van der Waals surface area (Å²) in [5.74, 6) is 0. The molecule has 0 saturated heterocycles. The Morgan fingerprint density at radius 3 is 2.56 bits per heavy atom. The Balaban J connectivity index is 2.13. The van der Waals surface area contributed by atoms with Crippen LogP contribution in [-0.4, -0.2) is 0 Å². The number of benzene rings is 2. The van der Waals surface area contributed by atoms with Crippen molar-refractivity contribution in [3.63, 3.8) is 0 Å². The summed E-state index contributed by atoms with van der Waals surface area (Å²) in [7, 11) is 0. The molecular formula is C15H15N. The van der Waals surface area contributed by atoms with Crippen molar-refractivity contribution in [3.05, 3.63) is 59.2 Å². The van der Waals surface area contributed by atoms with Gasteiger partial charge in [0.05, 0.1) is 0 Å². The summed E-state index contributed by atoms with van der Waals surface area (Å²) in [5.41, 5.74) is 6.73. The molecular weight excluding hydrogens is 194 g/mol. The largest absolute Gasteiger partial charge is 0.355 e. The molecule has 80 valence electrons. The second kappa shape index (κ2) is 3.67. The van der Waals surface area contributed by atoms with E-state index in [9.17, 15) is 0 Å². The minimum Gasteiger partial charge on any atom is -0.355 e. The molecule has 1 heteroatoms. The number of anilines is 2. The number of nitrogens with one attached hydrogen (secondary N) is 1. The summed E-state index contributed by atoms with van der Waals surface area (Å²) in [6, 6.07) is 15.1. The zero-order valence-electron chi connectivity index (χ0n) is 9.46. The first-order chi connectivity index (χ1) is 7.84. The first-order valence-electron chi connectivity index (χ1n) is 5.78. The van der Waals surface area contributed by atoms with Crippen molar-refractivity contribution < 1.29 is 0 Å². The molecule has 1 nitrogen and oxygen atoms in total. The van der Waals surface area contributed by atoms with Crippen molar-refractivity contribution >= 4 is 11.4 Å². The van der Waals surface area contributed by atoms with Crippen LogP contribution in [-0.2, 0) is 12.8 Å². The Morgan fingerprint density at radius 2 is 1.62 bits per heavy atom. The topological polar surface area (TPSA) is 12.0 Å². The second-order valence-electron chi connectivity index (χ2n) is 4.39. The lowest BCUT2D eigenvalue weighted by Gasteiger charge is -2.12. The van der Waals surface area contributed by atoms with Gasteiger partial charge in [-0.2, -0.15) is 0 Å². The van der Waals surface area contributed by atoms with Crippen LogP contribution in [0.1, 0.15) is 16.7 Å². The maximum absolute atomic E-state index is 3.57. The van der Waals surface area contributed by atoms with Gasteiger partial charge in [-0.3, -0.25) is 0 Å². The zero-order valence-corrected chi connectivity index (χ0v) is 9.46. The SMILES string of the molecule is Cc1cccc2c1Nc1ccccc1CC2. The average Bonchev–Trinajstić information content (AvgIpc) is 2.50. The van der Waals surface area contributed by atoms with Crippen LogP contribution in [0, 0.1) is 6.92 Å². The third kappa shape index (κ3) is 1.49. The van der Waals surface area contributed by atoms with Gasteiger partial charge in [-0.1, -0.05) is 36.4 Å². The molecule has 16 heavy (non-hydrogen) atoms. The summed E-state index contributed by atoms with van der Waals surface area (Å²) in [5, 5.41) is 3.57. The Bertz CT molecular complexity index is 529. The van der Waals surface area contributed by atoms with E-state index in [1.54, 1.807) is 0 Å². The Labute approximate surface area is 96.1 Å². The van der Waals surface area contributed by atoms with Crippen LogP contribution in [0.2, 0.25) is 0 Å². The molecule has 2 aromatic carbocycles. The van der Waals surface area contributed by atoms with Crippen LogP contribution in [0.15, 0.2) is 42.5 Å². The van der Waals surface area contributed by atoms with Gasteiger partial charge in [0.15, 0.2) is 0 Å². The van der Waals surface area contributed by atoms with E-state index in [1.807, 2.05) is 0 Å². The van der Waals surface area contributed by atoms with Crippen LogP contribution < -0.4 is 5.32 Å². The van der Waals surface area contributed by atoms with Gasteiger partial charge in [0.1, 0.15) is 0 Å². The highest BCUT2D eigenvalue weighted by Crippen LogP contribution is 2.31. The number of hydrogen-bond donors (Lipinski definition) is 1. The summed E-state index contributed by atoms with van der Waals surface area (Å²) in [6.45, 7) is 2.17. The van der Waals surface area contributed by atoms with Crippen molar-refractivity contribution in [3.8, 4) is 0 Å². The molecule has 0 spiro atoms. The van der Waals surface area contributed by atoms with Crippen molar-refractivity contribution in [2.45, 2.75) is 19.8 Å². The van der Waals surface area contributed by atoms with Crippen molar-refractivity contribution in [2.75, 3.05) is 5.32 Å². The van der Waals surface area contributed by atoms with E-state index in [0.29, 0.717) is 0 Å². The standard InChI is InChI=1S/C15H15N/c1-11-5-4-7-13-10-9-12-6-2-3-8-14(12)16-15(11)13/h2-8,16H,9-10H2,1H3. The molecule has 1 aliphatic heterocycles. The number of fused-ring (bicyclic) bond motifs is 2. The van der Waals surface area contributed by atoms with E-state index in [4.69, 9.17) is 0 Å².